The van der Waals surface area contributed by atoms with Gasteiger partial charge in [-0.25, -0.2) is 0 Å². The lowest BCUT2D eigenvalue weighted by molar-refractivity contribution is -0.150. The Morgan fingerprint density at radius 2 is 1.44 bits per heavy atom. The Kier molecular flexibility index (Phi) is 2.76. The standard InChI is InChI=1S/C15H23NO2/c1-9(2)13(17)16-14(18)15-6-10-3-11(7-15)5-12(4-10)8-15/h9-12H,3-8H2,1-2H3,(H,16,17,18). The second kappa shape index (κ2) is 4.07. The van der Waals surface area contributed by atoms with Gasteiger partial charge >= 0.3 is 0 Å². The Morgan fingerprint density at radius 1 is 1.00 bits per heavy atom. The highest BCUT2D eigenvalue weighted by Gasteiger charge is 2.54. The fourth-order valence-corrected chi connectivity index (χ4v) is 4.78. The van der Waals surface area contributed by atoms with E-state index in [1.807, 2.05) is 13.8 Å². The van der Waals surface area contributed by atoms with Gasteiger partial charge in [-0.1, -0.05) is 13.8 Å². The zero-order chi connectivity index (χ0) is 12.9. The summed E-state index contributed by atoms with van der Waals surface area (Å²) in [7, 11) is 0. The van der Waals surface area contributed by atoms with E-state index in [0.29, 0.717) is 0 Å². The second-order valence-electron chi connectivity index (χ2n) is 7.17. The molecule has 3 nitrogen and oxygen atoms in total. The molecule has 4 aliphatic rings. The average Bonchev–Trinajstić information content (AvgIpc) is 2.26. The Balaban J connectivity index is 1.75. The predicted octanol–water partition coefficient (Wildman–Crippen LogP) is 2.50. The maximum atomic E-state index is 12.5. The van der Waals surface area contributed by atoms with Crippen LogP contribution in [-0.4, -0.2) is 11.8 Å². The number of carbonyl (C=O) groups excluding carboxylic acids is 2. The number of carbonyl (C=O) groups is 2. The summed E-state index contributed by atoms with van der Waals surface area (Å²) in [5.41, 5.74) is -0.195. The average molecular weight is 249 g/mol. The van der Waals surface area contributed by atoms with Gasteiger partial charge in [-0.05, 0) is 56.3 Å². The molecule has 0 aliphatic heterocycles. The molecular formula is C15H23NO2. The van der Waals surface area contributed by atoms with Crippen LogP contribution in [0.5, 0.6) is 0 Å². The van der Waals surface area contributed by atoms with E-state index in [1.165, 1.54) is 19.3 Å². The molecule has 100 valence electrons. The summed E-state index contributed by atoms with van der Waals surface area (Å²) in [6.45, 7) is 3.67. The third kappa shape index (κ3) is 1.88. The van der Waals surface area contributed by atoms with E-state index >= 15 is 0 Å². The van der Waals surface area contributed by atoms with E-state index in [4.69, 9.17) is 0 Å². The number of imide groups is 1. The lowest BCUT2D eigenvalue weighted by Crippen LogP contribution is -2.54. The smallest absolute Gasteiger partial charge is 0.232 e. The van der Waals surface area contributed by atoms with E-state index in [9.17, 15) is 9.59 Å². The molecule has 4 aliphatic carbocycles. The molecule has 0 atom stereocenters. The van der Waals surface area contributed by atoms with Gasteiger partial charge in [0.2, 0.25) is 11.8 Å². The van der Waals surface area contributed by atoms with Crippen molar-refractivity contribution >= 4 is 11.8 Å². The molecule has 4 saturated carbocycles. The third-order valence-electron chi connectivity index (χ3n) is 5.28. The van der Waals surface area contributed by atoms with E-state index in [2.05, 4.69) is 5.32 Å². The minimum absolute atomic E-state index is 0.0281. The van der Waals surface area contributed by atoms with Crippen LogP contribution in [0.4, 0.5) is 0 Å². The summed E-state index contributed by atoms with van der Waals surface area (Å²) in [5, 5.41) is 2.66. The number of nitrogens with one attached hydrogen (secondary N) is 1. The van der Waals surface area contributed by atoms with Crippen molar-refractivity contribution in [3.63, 3.8) is 0 Å². The van der Waals surface area contributed by atoms with Crippen molar-refractivity contribution in [2.24, 2.45) is 29.1 Å². The van der Waals surface area contributed by atoms with Crippen LogP contribution in [-0.2, 0) is 9.59 Å². The Morgan fingerprint density at radius 3 is 1.83 bits per heavy atom. The number of rotatable bonds is 2. The van der Waals surface area contributed by atoms with Gasteiger partial charge in [0, 0.05) is 5.92 Å². The van der Waals surface area contributed by atoms with Gasteiger partial charge in [0.15, 0.2) is 0 Å². The molecular weight excluding hydrogens is 226 g/mol. The number of hydrogen-bond donors (Lipinski definition) is 1. The molecule has 0 aromatic rings. The van der Waals surface area contributed by atoms with Gasteiger partial charge in [-0.3, -0.25) is 14.9 Å². The fraction of sp³-hybridized carbons (Fsp3) is 0.867. The van der Waals surface area contributed by atoms with Gasteiger partial charge < -0.3 is 0 Å². The molecule has 0 heterocycles. The first kappa shape index (κ1) is 12.2. The number of hydrogen-bond acceptors (Lipinski definition) is 2. The molecule has 2 amide bonds. The molecule has 1 N–H and O–H groups in total. The summed E-state index contributed by atoms with van der Waals surface area (Å²) in [5.74, 6) is 2.04. The van der Waals surface area contributed by atoms with Crippen molar-refractivity contribution in [1.29, 1.82) is 0 Å². The van der Waals surface area contributed by atoms with Crippen molar-refractivity contribution in [3.05, 3.63) is 0 Å². The lowest BCUT2D eigenvalue weighted by Gasteiger charge is -2.55. The fourth-order valence-electron chi connectivity index (χ4n) is 4.78. The van der Waals surface area contributed by atoms with E-state index in [-0.39, 0.29) is 23.1 Å². The first-order chi connectivity index (χ1) is 8.48. The topological polar surface area (TPSA) is 46.2 Å². The maximum absolute atomic E-state index is 12.5. The van der Waals surface area contributed by atoms with E-state index in [0.717, 1.165) is 37.0 Å². The predicted molar refractivity (Wildman–Crippen MR) is 68.6 cm³/mol. The molecule has 0 aromatic carbocycles. The quantitative estimate of drug-likeness (QED) is 0.817. The van der Waals surface area contributed by atoms with Crippen LogP contribution >= 0.6 is 0 Å². The molecule has 0 radical (unpaired) electrons. The van der Waals surface area contributed by atoms with Crippen LogP contribution in [0.15, 0.2) is 0 Å². The van der Waals surface area contributed by atoms with Crippen molar-refractivity contribution in [1.82, 2.24) is 5.32 Å². The van der Waals surface area contributed by atoms with Crippen LogP contribution in [0.3, 0.4) is 0 Å². The molecule has 0 aromatic heterocycles. The van der Waals surface area contributed by atoms with Crippen molar-refractivity contribution in [3.8, 4) is 0 Å². The SMILES string of the molecule is CC(C)C(=O)NC(=O)C12CC3CC(CC(C3)C1)C2. The molecule has 4 bridgehead atoms. The third-order valence-corrected chi connectivity index (χ3v) is 5.28. The summed E-state index contributed by atoms with van der Waals surface area (Å²) in [6.07, 6.45) is 7.04. The zero-order valence-corrected chi connectivity index (χ0v) is 11.4. The van der Waals surface area contributed by atoms with Crippen LogP contribution < -0.4 is 5.32 Å². The van der Waals surface area contributed by atoms with Crippen LogP contribution in [0, 0.1) is 29.1 Å². The lowest BCUT2D eigenvalue weighted by atomic mass is 9.49. The summed E-state index contributed by atoms with van der Waals surface area (Å²) < 4.78 is 0. The maximum Gasteiger partial charge on any atom is 0.232 e. The number of amides is 2. The van der Waals surface area contributed by atoms with Crippen molar-refractivity contribution < 1.29 is 9.59 Å². The first-order valence-electron chi connectivity index (χ1n) is 7.34. The van der Waals surface area contributed by atoms with Gasteiger partial charge in [-0.15, -0.1) is 0 Å². The summed E-state index contributed by atoms with van der Waals surface area (Å²) in [6, 6.07) is 0. The van der Waals surface area contributed by atoms with Gasteiger partial charge in [0.1, 0.15) is 0 Å². The molecule has 0 spiro atoms. The molecule has 0 saturated heterocycles. The van der Waals surface area contributed by atoms with Crippen LogP contribution in [0.25, 0.3) is 0 Å². The monoisotopic (exact) mass is 249 g/mol. The van der Waals surface area contributed by atoms with Gasteiger partial charge in [-0.2, -0.15) is 0 Å². The van der Waals surface area contributed by atoms with Crippen molar-refractivity contribution in [2.45, 2.75) is 52.4 Å². The van der Waals surface area contributed by atoms with Crippen LogP contribution in [0.2, 0.25) is 0 Å². The summed E-state index contributed by atoms with van der Waals surface area (Å²) >= 11 is 0. The molecule has 3 heteroatoms. The molecule has 4 rings (SSSR count). The van der Waals surface area contributed by atoms with Crippen molar-refractivity contribution in [2.75, 3.05) is 0 Å². The minimum Gasteiger partial charge on any atom is -0.296 e. The molecule has 0 unspecified atom stereocenters. The Labute approximate surface area is 109 Å². The minimum atomic E-state index is -0.195. The first-order valence-corrected chi connectivity index (χ1v) is 7.34. The highest BCUT2D eigenvalue weighted by atomic mass is 16.2. The zero-order valence-electron chi connectivity index (χ0n) is 11.4. The highest BCUT2D eigenvalue weighted by molar-refractivity contribution is 5.98. The molecule has 4 fully saturated rings. The second-order valence-corrected chi connectivity index (χ2v) is 7.17. The molecule has 18 heavy (non-hydrogen) atoms. The van der Waals surface area contributed by atoms with Gasteiger partial charge in [0.25, 0.3) is 0 Å². The Hall–Kier alpha value is -0.860. The largest absolute Gasteiger partial charge is 0.296 e. The summed E-state index contributed by atoms with van der Waals surface area (Å²) in [4.78, 5) is 24.2. The highest BCUT2D eigenvalue weighted by Crippen LogP contribution is 2.60. The Bertz CT molecular complexity index is 351. The van der Waals surface area contributed by atoms with E-state index < -0.39 is 0 Å². The normalized spacial score (nSPS) is 41.2. The van der Waals surface area contributed by atoms with Crippen LogP contribution in [0.1, 0.15) is 52.4 Å². The van der Waals surface area contributed by atoms with E-state index in [1.54, 1.807) is 0 Å². The van der Waals surface area contributed by atoms with Gasteiger partial charge in [0.05, 0.1) is 5.41 Å².